The molecule has 0 saturated carbocycles. The molecule has 3 aromatic carbocycles. The maximum absolute atomic E-state index is 12.6. The summed E-state index contributed by atoms with van der Waals surface area (Å²) in [5.74, 6) is 0.465. The van der Waals surface area contributed by atoms with E-state index in [1.807, 2.05) is 44.4 Å². The van der Waals surface area contributed by atoms with Crippen molar-refractivity contribution < 1.29 is 13.9 Å². The Labute approximate surface area is 201 Å². The lowest BCUT2D eigenvalue weighted by molar-refractivity contribution is -0.111. The minimum absolute atomic E-state index is 0.228. The number of methoxy groups -OCH3 is 1. The minimum Gasteiger partial charge on any atom is -0.496 e. The number of rotatable bonds is 5. The number of amides is 1. The zero-order chi connectivity index (χ0) is 23.8. The molecule has 0 saturated heterocycles. The second-order valence-corrected chi connectivity index (χ2v) is 9.14. The standard InChI is InChI=1S/C28H24N2O3S/c1-16(11-25(31)30-28-29-17(2)15-34-28)22-13-23-24(14-33-27(23)18(3)26(22)32-4)21-10-9-19-7-5-6-8-20(19)12-21/h5-15H,1-4H3,(H,29,30,31)/b16-11+. The Hall–Kier alpha value is -3.90. The summed E-state index contributed by atoms with van der Waals surface area (Å²) < 4.78 is 11.7. The molecule has 0 spiro atoms. The Kier molecular flexibility index (Phi) is 5.67. The summed E-state index contributed by atoms with van der Waals surface area (Å²) >= 11 is 1.40. The summed E-state index contributed by atoms with van der Waals surface area (Å²) in [6.07, 6.45) is 3.37. The van der Waals surface area contributed by atoms with Gasteiger partial charge in [-0.3, -0.25) is 10.1 Å². The molecule has 0 unspecified atom stereocenters. The molecule has 0 radical (unpaired) electrons. The van der Waals surface area contributed by atoms with Gasteiger partial charge in [-0.2, -0.15) is 0 Å². The Morgan fingerprint density at radius 3 is 2.65 bits per heavy atom. The van der Waals surface area contributed by atoms with E-state index in [-0.39, 0.29) is 5.91 Å². The van der Waals surface area contributed by atoms with Crippen LogP contribution in [0.15, 0.2) is 70.7 Å². The van der Waals surface area contributed by atoms with Gasteiger partial charge in [-0.1, -0.05) is 36.4 Å². The van der Waals surface area contributed by atoms with E-state index in [0.29, 0.717) is 10.9 Å². The molecule has 0 fully saturated rings. The van der Waals surface area contributed by atoms with Gasteiger partial charge in [0.15, 0.2) is 5.13 Å². The summed E-state index contributed by atoms with van der Waals surface area (Å²) in [7, 11) is 1.64. The molecule has 5 rings (SSSR count). The number of ether oxygens (including phenoxy) is 1. The smallest absolute Gasteiger partial charge is 0.250 e. The molecule has 1 N–H and O–H groups in total. The topological polar surface area (TPSA) is 64.4 Å². The van der Waals surface area contributed by atoms with Crippen LogP contribution in [0.4, 0.5) is 5.13 Å². The van der Waals surface area contributed by atoms with Gasteiger partial charge in [-0.05, 0) is 54.8 Å². The number of carbonyl (C=O) groups is 1. The fourth-order valence-electron chi connectivity index (χ4n) is 4.28. The first-order valence-corrected chi connectivity index (χ1v) is 11.8. The highest BCUT2D eigenvalue weighted by molar-refractivity contribution is 7.13. The number of thiazole rings is 1. The molecule has 0 atom stereocenters. The largest absolute Gasteiger partial charge is 0.496 e. The predicted molar refractivity (Wildman–Crippen MR) is 140 cm³/mol. The molecule has 0 bridgehead atoms. The highest BCUT2D eigenvalue weighted by Gasteiger charge is 2.19. The number of anilines is 1. The van der Waals surface area contributed by atoms with E-state index in [2.05, 4.69) is 40.6 Å². The van der Waals surface area contributed by atoms with Crippen molar-refractivity contribution in [2.75, 3.05) is 12.4 Å². The van der Waals surface area contributed by atoms with E-state index in [1.165, 1.54) is 22.1 Å². The van der Waals surface area contributed by atoms with Gasteiger partial charge in [-0.15, -0.1) is 11.3 Å². The lowest BCUT2D eigenvalue weighted by atomic mass is 9.95. The van der Waals surface area contributed by atoms with Crippen LogP contribution in [-0.4, -0.2) is 18.0 Å². The fourth-order valence-corrected chi connectivity index (χ4v) is 4.97. The zero-order valence-corrected chi connectivity index (χ0v) is 20.2. The number of carbonyl (C=O) groups excluding carboxylic acids is 1. The van der Waals surface area contributed by atoms with Gasteiger partial charge in [0.2, 0.25) is 5.91 Å². The fraction of sp³-hybridized carbons (Fsp3) is 0.143. The van der Waals surface area contributed by atoms with Crippen molar-refractivity contribution in [2.24, 2.45) is 0 Å². The van der Waals surface area contributed by atoms with Crippen molar-refractivity contribution in [1.82, 2.24) is 4.98 Å². The van der Waals surface area contributed by atoms with Gasteiger partial charge < -0.3 is 9.15 Å². The monoisotopic (exact) mass is 468 g/mol. The van der Waals surface area contributed by atoms with Crippen molar-refractivity contribution >= 4 is 49.7 Å². The van der Waals surface area contributed by atoms with Crippen LogP contribution in [0, 0.1) is 13.8 Å². The van der Waals surface area contributed by atoms with Crippen LogP contribution in [0.5, 0.6) is 5.75 Å². The minimum atomic E-state index is -0.228. The van der Waals surface area contributed by atoms with Gasteiger partial charge in [0.25, 0.3) is 0 Å². The van der Waals surface area contributed by atoms with Gasteiger partial charge in [0.05, 0.1) is 19.1 Å². The number of fused-ring (bicyclic) bond motifs is 2. The van der Waals surface area contributed by atoms with Gasteiger partial charge in [-0.25, -0.2) is 4.98 Å². The maximum atomic E-state index is 12.6. The van der Waals surface area contributed by atoms with E-state index in [4.69, 9.17) is 9.15 Å². The van der Waals surface area contributed by atoms with Crippen LogP contribution in [-0.2, 0) is 4.79 Å². The highest BCUT2D eigenvalue weighted by Crippen LogP contribution is 2.41. The molecule has 6 heteroatoms. The van der Waals surface area contributed by atoms with Crippen LogP contribution >= 0.6 is 11.3 Å². The Morgan fingerprint density at radius 1 is 1.12 bits per heavy atom. The molecule has 0 aliphatic carbocycles. The molecule has 0 aliphatic rings. The van der Waals surface area contributed by atoms with Crippen LogP contribution < -0.4 is 10.1 Å². The normalized spacial score (nSPS) is 11.8. The summed E-state index contributed by atoms with van der Waals surface area (Å²) in [5, 5.41) is 8.66. The molecule has 170 valence electrons. The maximum Gasteiger partial charge on any atom is 0.250 e. The molecular weight excluding hydrogens is 444 g/mol. The van der Waals surface area contributed by atoms with Gasteiger partial charge in [0.1, 0.15) is 11.3 Å². The second kappa shape index (κ2) is 8.80. The average molecular weight is 469 g/mol. The van der Waals surface area contributed by atoms with Crippen LogP contribution in [0.3, 0.4) is 0 Å². The number of aryl methyl sites for hydroxylation is 2. The Balaban J connectivity index is 1.59. The quantitative estimate of drug-likeness (QED) is 0.273. The number of benzene rings is 3. The summed E-state index contributed by atoms with van der Waals surface area (Å²) in [5.41, 5.74) is 6.27. The summed E-state index contributed by atoms with van der Waals surface area (Å²) in [6.45, 7) is 5.78. The van der Waals surface area contributed by atoms with Crippen molar-refractivity contribution in [3.8, 4) is 16.9 Å². The number of furan rings is 1. The second-order valence-electron chi connectivity index (χ2n) is 8.28. The molecule has 5 aromatic rings. The van der Waals surface area contributed by atoms with Crippen molar-refractivity contribution in [3.05, 3.63) is 83.1 Å². The number of nitrogens with one attached hydrogen (secondary N) is 1. The molecule has 2 aromatic heterocycles. The van der Waals surface area contributed by atoms with E-state index in [0.717, 1.165) is 44.5 Å². The Morgan fingerprint density at radius 2 is 1.91 bits per heavy atom. The number of aromatic nitrogens is 1. The van der Waals surface area contributed by atoms with Crippen molar-refractivity contribution in [2.45, 2.75) is 20.8 Å². The lowest BCUT2D eigenvalue weighted by Crippen LogP contribution is -2.08. The molecule has 0 aliphatic heterocycles. The van der Waals surface area contributed by atoms with Crippen LogP contribution in [0.25, 0.3) is 38.4 Å². The van der Waals surface area contributed by atoms with E-state index >= 15 is 0 Å². The Bertz CT molecular complexity index is 1580. The third-order valence-electron chi connectivity index (χ3n) is 5.93. The van der Waals surface area contributed by atoms with E-state index in [1.54, 1.807) is 19.4 Å². The third kappa shape index (κ3) is 3.97. The zero-order valence-electron chi connectivity index (χ0n) is 19.4. The predicted octanol–water partition coefficient (Wildman–Crippen LogP) is 7.38. The summed E-state index contributed by atoms with van der Waals surface area (Å²) in [4.78, 5) is 16.9. The number of hydrogen-bond donors (Lipinski definition) is 1. The van der Waals surface area contributed by atoms with Crippen molar-refractivity contribution in [3.63, 3.8) is 0 Å². The first-order chi connectivity index (χ1) is 16.4. The third-order valence-corrected chi connectivity index (χ3v) is 6.81. The van der Waals surface area contributed by atoms with Crippen LogP contribution in [0.2, 0.25) is 0 Å². The molecule has 5 nitrogen and oxygen atoms in total. The molecule has 2 heterocycles. The SMILES string of the molecule is COc1c(/C(C)=C/C(=O)Nc2nc(C)cs2)cc2c(-c3ccc4ccccc4c3)coc2c1C. The number of allylic oxidation sites excluding steroid dienone is 1. The summed E-state index contributed by atoms with van der Waals surface area (Å²) in [6, 6.07) is 16.7. The lowest BCUT2D eigenvalue weighted by Gasteiger charge is -2.13. The van der Waals surface area contributed by atoms with Crippen molar-refractivity contribution in [1.29, 1.82) is 0 Å². The van der Waals surface area contributed by atoms with Crippen LogP contribution in [0.1, 0.15) is 23.7 Å². The van der Waals surface area contributed by atoms with E-state index in [9.17, 15) is 4.79 Å². The number of nitrogens with zero attached hydrogens (tertiary/aromatic N) is 1. The molecule has 1 amide bonds. The first kappa shape index (κ1) is 21.9. The first-order valence-electron chi connectivity index (χ1n) is 10.9. The van der Waals surface area contributed by atoms with Gasteiger partial charge in [0, 0.05) is 33.5 Å². The number of hydrogen-bond acceptors (Lipinski definition) is 5. The molecule has 34 heavy (non-hydrogen) atoms. The molecular formula is C28H24N2O3S. The van der Waals surface area contributed by atoms with Gasteiger partial charge >= 0.3 is 0 Å². The average Bonchev–Trinajstić information content (AvgIpc) is 3.44. The van der Waals surface area contributed by atoms with E-state index < -0.39 is 0 Å². The highest BCUT2D eigenvalue weighted by atomic mass is 32.1.